The van der Waals surface area contributed by atoms with Gasteiger partial charge >= 0.3 is 0 Å². The lowest BCUT2D eigenvalue weighted by atomic mass is 9.87. The van der Waals surface area contributed by atoms with Crippen LogP contribution in [0.2, 0.25) is 0 Å². The van der Waals surface area contributed by atoms with Gasteiger partial charge in [0.25, 0.3) is 0 Å². The van der Waals surface area contributed by atoms with Crippen LogP contribution in [0.1, 0.15) is 68.7 Å². The third kappa shape index (κ3) is 5.24. The van der Waals surface area contributed by atoms with E-state index >= 15 is 0 Å². The van der Waals surface area contributed by atoms with E-state index in [0.717, 1.165) is 38.3 Å². The minimum Gasteiger partial charge on any atom is -0.396 e. The van der Waals surface area contributed by atoms with Crippen LogP contribution in [0.15, 0.2) is 12.4 Å². The van der Waals surface area contributed by atoms with Gasteiger partial charge in [0.1, 0.15) is 5.82 Å². The molecule has 0 aromatic carbocycles. The molecular formula is C21H36N4O. The monoisotopic (exact) mass is 360 g/mol. The summed E-state index contributed by atoms with van der Waals surface area (Å²) in [5.41, 5.74) is 1.23. The Balaban J connectivity index is 1.56. The van der Waals surface area contributed by atoms with E-state index in [2.05, 4.69) is 36.3 Å². The number of piperidine rings is 1. The zero-order valence-corrected chi connectivity index (χ0v) is 16.6. The largest absolute Gasteiger partial charge is 0.396 e. The Morgan fingerprint density at radius 1 is 1.12 bits per heavy atom. The summed E-state index contributed by atoms with van der Waals surface area (Å²) in [5.74, 6) is 2.27. The van der Waals surface area contributed by atoms with E-state index in [1.165, 1.54) is 44.1 Å². The van der Waals surface area contributed by atoms with Crippen molar-refractivity contribution in [1.82, 2.24) is 19.8 Å². The Kier molecular flexibility index (Phi) is 7.41. The lowest BCUT2D eigenvalue weighted by Gasteiger charge is -2.41. The van der Waals surface area contributed by atoms with Crippen LogP contribution in [0.5, 0.6) is 0 Å². The van der Waals surface area contributed by atoms with Crippen molar-refractivity contribution in [2.75, 3.05) is 33.8 Å². The van der Waals surface area contributed by atoms with E-state index in [-0.39, 0.29) is 0 Å². The summed E-state index contributed by atoms with van der Waals surface area (Å²) in [6.07, 6.45) is 13.8. The molecule has 26 heavy (non-hydrogen) atoms. The zero-order valence-electron chi connectivity index (χ0n) is 16.6. The van der Waals surface area contributed by atoms with Gasteiger partial charge in [-0.3, -0.25) is 4.90 Å². The van der Waals surface area contributed by atoms with Crippen molar-refractivity contribution in [1.29, 1.82) is 0 Å². The summed E-state index contributed by atoms with van der Waals surface area (Å²) >= 11 is 0. The zero-order chi connectivity index (χ0) is 18.4. The van der Waals surface area contributed by atoms with Crippen molar-refractivity contribution >= 4 is 0 Å². The SMILES string of the molecule is CN(C)[C@H]1CCN(Cc2cnc(C3CCCCC3)nc2)C[C@H]1CCCO. The Bertz CT molecular complexity index is 527. The molecule has 1 N–H and O–H groups in total. The van der Waals surface area contributed by atoms with Gasteiger partial charge in [0, 0.05) is 49.6 Å². The number of aliphatic hydroxyl groups is 1. The van der Waals surface area contributed by atoms with E-state index in [0.29, 0.717) is 24.5 Å². The van der Waals surface area contributed by atoms with Crippen LogP contribution >= 0.6 is 0 Å². The van der Waals surface area contributed by atoms with Gasteiger partial charge in [-0.2, -0.15) is 0 Å². The average Bonchev–Trinajstić information content (AvgIpc) is 2.67. The highest BCUT2D eigenvalue weighted by molar-refractivity contribution is 5.08. The van der Waals surface area contributed by atoms with Crippen LogP contribution in [0.4, 0.5) is 0 Å². The van der Waals surface area contributed by atoms with Gasteiger partial charge in [-0.05, 0) is 58.7 Å². The summed E-state index contributed by atoms with van der Waals surface area (Å²) in [6, 6.07) is 0.628. The van der Waals surface area contributed by atoms with Gasteiger partial charge in [0.15, 0.2) is 0 Å². The van der Waals surface area contributed by atoms with Gasteiger partial charge in [-0.1, -0.05) is 19.3 Å². The first-order valence-electron chi connectivity index (χ1n) is 10.5. The summed E-state index contributed by atoms with van der Waals surface area (Å²) in [6.45, 7) is 3.48. The molecule has 2 aliphatic rings. The molecule has 5 nitrogen and oxygen atoms in total. The molecule has 0 bridgehead atoms. The Hall–Kier alpha value is -1.04. The minimum atomic E-state index is 0.299. The molecule has 1 aromatic heterocycles. The number of nitrogens with zero attached hydrogens (tertiary/aromatic N) is 4. The highest BCUT2D eigenvalue weighted by Crippen LogP contribution is 2.30. The third-order valence-electron chi connectivity index (χ3n) is 6.28. The number of rotatable bonds is 7. The lowest BCUT2D eigenvalue weighted by Crippen LogP contribution is -2.48. The van der Waals surface area contributed by atoms with E-state index in [4.69, 9.17) is 9.97 Å². The van der Waals surface area contributed by atoms with Crippen molar-refractivity contribution in [3.05, 3.63) is 23.8 Å². The van der Waals surface area contributed by atoms with Crippen molar-refractivity contribution in [2.24, 2.45) is 5.92 Å². The van der Waals surface area contributed by atoms with Gasteiger partial charge < -0.3 is 10.0 Å². The van der Waals surface area contributed by atoms with Crippen LogP contribution in [-0.4, -0.2) is 64.7 Å². The first-order chi connectivity index (χ1) is 12.7. The molecule has 1 aromatic rings. The molecule has 3 rings (SSSR count). The molecule has 1 aliphatic heterocycles. The van der Waals surface area contributed by atoms with Crippen molar-refractivity contribution in [3.63, 3.8) is 0 Å². The maximum absolute atomic E-state index is 9.21. The molecule has 2 atom stereocenters. The third-order valence-corrected chi connectivity index (χ3v) is 6.28. The second-order valence-corrected chi connectivity index (χ2v) is 8.47. The molecule has 1 saturated heterocycles. The molecule has 0 unspecified atom stereocenters. The second kappa shape index (κ2) is 9.77. The Morgan fingerprint density at radius 3 is 2.50 bits per heavy atom. The first-order valence-corrected chi connectivity index (χ1v) is 10.5. The quantitative estimate of drug-likeness (QED) is 0.810. The Morgan fingerprint density at radius 2 is 1.85 bits per heavy atom. The summed E-state index contributed by atoms with van der Waals surface area (Å²) < 4.78 is 0. The second-order valence-electron chi connectivity index (χ2n) is 8.47. The fourth-order valence-electron chi connectivity index (χ4n) is 4.83. The number of likely N-dealkylation sites (tertiary alicyclic amines) is 1. The summed E-state index contributed by atoms with van der Waals surface area (Å²) in [4.78, 5) is 14.3. The normalized spacial score (nSPS) is 25.7. The van der Waals surface area contributed by atoms with E-state index < -0.39 is 0 Å². The fourth-order valence-corrected chi connectivity index (χ4v) is 4.83. The number of hydrogen-bond acceptors (Lipinski definition) is 5. The van der Waals surface area contributed by atoms with E-state index in [1.54, 1.807) is 0 Å². The minimum absolute atomic E-state index is 0.299. The molecule has 2 heterocycles. The van der Waals surface area contributed by atoms with E-state index in [9.17, 15) is 5.11 Å². The standard InChI is InChI=1S/C21H36N4O/c1-24(2)20-10-11-25(16-19(20)9-6-12-26)15-17-13-22-21(23-14-17)18-7-4-3-5-8-18/h13-14,18-20,26H,3-12,15-16H2,1-2H3/t19-,20+/m1/s1. The molecule has 0 amide bonds. The Labute approximate surface area is 158 Å². The van der Waals surface area contributed by atoms with Crippen molar-refractivity contribution in [3.8, 4) is 0 Å². The predicted octanol–water partition coefficient (Wildman–Crippen LogP) is 3.05. The molecule has 0 spiro atoms. The van der Waals surface area contributed by atoms with Gasteiger partial charge in [0.2, 0.25) is 0 Å². The highest BCUT2D eigenvalue weighted by Gasteiger charge is 2.30. The molecule has 5 heteroatoms. The van der Waals surface area contributed by atoms with Crippen LogP contribution in [0.25, 0.3) is 0 Å². The van der Waals surface area contributed by atoms with Crippen molar-refractivity contribution in [2.45, 2.75) is 69.9 Å². The highest BCUT2D eigenvalue weighted by atomic mass is 16.2. The van der Waals surface area contributed by atoms with Crippen LogP contribution in [0.3, 0.4) is 0 Å². The maximum Gasteiger partial charge on any atom is 0.131 e. The fraction of sp³-hybridized carbons (Fsp3) is 0.810. The van der Waals surface area contributed by atoms with Gasteiger partial charge in [-0.25, -0.2) is 9.97 Å². The van der Waals surface area contributed by atoms with E-state index in [1.807, 2.05) is 0 Å². The predicted molar refractivity (Wildman–Crippen MR) is 105 cm³/mol. The maximum atomic E-state index is 9.21. The average molecular weight is 361 g/mol. The molecule has 146 valence electrons. The van der Waals surface area contributed by atoms with Crippen LogP contribution in [0, 0.1) is 5.92 Å². The summed E-state index contributed by atoms with van der Waals surface area (Å²) in [7, 11) is 4.37. The molecule has 1 aliphatic carbocycles. The number of hydrogen-bond donors (Lipinski definition) is 1. The lowest BCUT2D eigenvalue weighted by molar-refractivity contribution is 0.0716. The molecule has 1 saturated carbocycles. The summed E-state index contributed by atoms with van der Waals surface area (Å²) in [5, 5.41) is 9.21. The molecule has 2 fully saturated rings. The molecule has 0 radical (unpaired) electrons. The van der Waals surface area contributed by atoms with Crippen molar-refractivity contribution < 1.29 is 5.11 Å². The molecular weight excluding hydrogens is 324 g/mol. The van der Waals surface area contributed by atoms with Crippen LogP contribution in [-0.2, 0) is 6.54 Å². The van der Waals surface area contributed by atoms with Crippen LogP contribution < -0.4 is 0 Å². The first kappa shape index (κ1) is 19.7. The van der Waals surface area contributed by atoms with Gasteiger partial charge in [0.05, 0.1) is 0 Å². The smallest absolute Gasteiger partial charge is 0.131 e. The van der Waals surface area contributed by atoms with Gasteiger partial charge in [-0.15, -0.1) is 0 Å². The topological polar surface area (TPSA) is 52.5 Å². The number of aromatic nitrogens is 2. The number of aliphatic hydroxyl groups excluding tert-OH is 1.